The fraction of sp³-hybridized carbons (Fsp3) is 0.636. The van der Waals surface area contributed by atoms with Crippen LogP contribution in [0.5, 0.6) is 0 Å². The molecule has 1 atom stereocenters. The molecule has 0 fully saturated rings. The fourth-order valence-electron chi connectivity index (χ4n) is 3.01. The van der Waals surface area contributed by atoms with E-state index in [-0.39, 0.29) is 12.6 Å². The van der Waals surface area contributed by atoms with Gasteiger partial charge in [0.15, 0.2) is 0 Å². The third-order valence-corrected chi connectivity index (χ3v) is 4.16. The summed E-state index contributed by atoms with van der Waals surface area (Å²) in [5.74, 6) is 0. The molecule has 1 heterocycles. The highest BCUT2D eigenvalue weighted by Gasteiger charge is 2.30. The lowest BCUT2D eigenvalue weighted by Gasteiger charge is -2.28. The molecule has 29 heavy (non-hydrogen) atoms. The molecule has 0 unspecified atom stereocenters. The number of aryl methyl sites for hydroxylation is 1. The van der Waals surface area contributed by atoms with Crippen molar-refractivity contribution < 1.29 is 19.1 Å². The average molecular weight is 404 g/mol. The van der Waals surface area contributed by atoms with Gasteiger partial charge in [0.2, 0.25) is 0 Å². The topological polar surface area (TPSA) is 81.1 Å². The van der Waals surface area contributed by atoms with Crippen molar-refractivity contribution in [2.24, 2.45) is 4.99 Å². The molecular weight excluding hydrogens is 370 g/mol. The van der Waals surface area contributed by atoms with Crippen LogP contribution in [0.1, 0.15) is 78.1 Å². The summed E-state index contributed by atoms with van der Waals surface area (Å²) in [5, 5.41) is 0. The summed E-state index contributed by atoms with van der Waals surface area (Å²) in [6, 6.07) is 4.07. The first-order valence-electron chi connectivity index (χ1n) is 10.2. The normalized spacial score (nSPS) is 17.0. The molecule has 2 rings (SSSR count). The van der Waals surface area contributed by atoms with Gasteiger partial charge in [-0.05, 0) is 72.4 Å². The number of rotatable bonds is 4. The summed E-state index contributed by atoms with van der Waals surface area (Å²) in [6.45, 7) is 10.7. The smallest absolute Gasteiger partial charge is 0.419 e. The second-order valence-corrected chi connectivity index (χ2v) is 9.19. The summed E-state index contributed by atoms with van der Waals surface area (Å²) >= 11 is 0. The minimum absolute atomic E-state index is 0.0245. The lowest BCUT2D eigenvalue weighted by atomic mass is 9.92. The Hall–Kier alpha value is -2.44. The van der Waals surface area contributed by atoms with Gasteiger partial charge in [-0.3, -0.25) is 9.98 Å². The minimum atomic E-state index is -0.718. The number of amides is 2. The highest BCUT2D eigenvalue weighted by atomic mass is 16.6. The Balaban J connectivity index is 2.03. The molecule has 160 valence electrons. The molecule has 1 aromatic rings. The lowest BCUT2D eigenvalue weighted by molar-refractivity contribution is 0.00206. The van der Waals surface area contributed by atoms with Crippen LogP contribution in [-0.4, -0.2) is 46.0 Å². The van der Waals surface area contributed by atoms with Crippen LogP contribution < -0.4 is 0 Å². The van der Waals surface area contributed by atoms with Gasteiger partial charge < -0.3 is 9.47 Å². The maximum absolute atomic E-state index is 12.5. The summed E-state index contributed by atoms with van der Waals surface area (Å²) < 4.78 is 10.7. The maximum Gasteiger partial charge on any atom is 0.419 e. The number of nitrogens with zero attached hydrogens (tertiary/aromatic N) is 3. The van der Waals surface area contributed by atoms with Crippen molar-refractivity contribution in [3.05, 3.63) is 29.6 Å². The number of imide groups is 1. The van der Waals surface area contributed by atoms with Crippen molar-refractivity contribution >= 4 is 18.4 Å². The number of fused-ring (bicyclic) bond motifs is 1. The largest absolute Gasteiger partial charge is 0.443 e. The first kappa shape index (κ1) is 22.8. The second-order valence-electron chi connectivity index (χ2n) is 9.19. The predicted octanol–water partition coefficient (Wildman–Crippen LogP) is 5.09. The first-order chi connectivity index (χ1) is 13.5. The molecule has 0 saturated carbocycles. The third kappa shape index (κ3) is 7.48. The molecule has 0 N–H and O–H groups in total. The molecule has 0 spiro atoms. The van der Waals surface area contributed by atoms with Crippen LogP contribution in [0.25, 0.3) is 0 Å². The number of hydrogen-bond donors (Lipinski definition) is 0. The van der Waals surface area contributed by atoms with Crippen LogP contribution in [-0.2, 0) is 15.9 Å². The van der Waals surface area contributed by atoms with E-state index in [0.717, 1.165) is 29.9 Å². The van der Waals surface area contributed by atoms with Crippen LogP contribution >= 0.6 is 0 Å². The zero-order valence-electron chi connectivity index (χ0n) is 18.4. The lowest BCUT2D eigenvalue weighted by Crippen LogP contribution is -2.44. The van der Waals surface area contributed by atoms with E-state index in [4.69, 9.17) is 9.47 Å². The number of carbonyl (C=O) groups excluding carboxylic acids is 2. The van der Waals surface area contributed by atoms with E-state index < -0.39 is 23.4 Å². The summed E-state index contributed by atoms with van der Waals surface area (Å²) in [6.07, 6.45) is 5.58. The Morgan fingerprint density at radius 3 is 2.38 bits per heavy atom. The van der Waals surface area contributed by atoms with E-state index in [1.807, 2.05) is 6.07 Å². The van der Waals surface area contributed by atoms with E-state index in [1.54, 1.807) is 54.0 Å². The SMILES string of the molecule is CC(C)(C)OC(=O)N(CCC=N[C@H]1CCCc2cccnc21)C(=O)OC(C)(C)C. The van der Waals surface area contributed by atoms with Gasteiger partial charge in [0.25, 0.3) is 0 Å². The molecular formula is C22H33N3O4. The van der Waals surface area contributed by atoms with Gasteiger partial charge in [0.05, 0.1) is 11.7 Å². The molecule has 1 aromatic heterocycles. The number of aliphatic imine (C=N–C) groups is 1. The van der Waals surface area contributed by atoms with E-state index in [1.165, 1.54) is 5.56 Å². The number of pyridine rings is 1. The fourth-order valence-corrected chi connectivity index (χ4v) is 3.01. The Morgan fingerprint density at radius 2 is 1.79 bits per heavy atom. The van der Waals surface area contributed by atoms with E-state index in [2.05, 4.69) is 16.0 Å². The molecule has 0 radical (unpaired) electrons. The minimum Gasteiger partial charge on any atom is -0.443 e. The van der Waals surface area contributed by atoms with Gasteiger partial charge in [-0.25, -0.2) is 14.5 Å². The van der Waals surface area contributed by atoms with E-state index in [0.29, 0.717) is 6.42 Å². The third-order valence-electron chi connectivity index (χ3n) is 4.16. The van der Waals surface area contributed by atoms with Crippen LogP contribution in [0.3, 0.4) is 0 Å². The van der Waals surface area contributed by atoms with E-state index in [9.17, 15) is 9.59 Å². The summed E-state index contributed by atoms with van der Waals surface area (Å²) in [7, 11) is 0. The molecule has 1 aliphatic carbocycles. The Bertz CT molecular complexity index is 719. The number of carbonyl (C=O) groups is 2. The van der Waals surface area contributed by atoms with Crippen molar-refractivity contribution in [1.82, 2.24) is 9.88 Å². The second kappa shape index (κ2) is 9.37. The van der Waals surface area contributed by atoms with Crippen LogP contribution in [0, 0.1) is 0 Å². The van der Waals surface area contributed by atoms with Crippen molar-refractivity contribution in [3.63, 3.8) is 0 Å². The predicted molar refractivity (Wildman–Crippen MR) is 112 cm³/mol. The van der Waals surface area contributed by atoms with Crippen LogP contribution in [0.2, 0.25) is 0 Å². The van der Waals surface area contributed by atoms with Crippen molar-refractivity contribution in [3.8, 4) is 0 Å². The molecule has 0 aromatic carbocycles. The zero-order valence-corrected chi connectivity index (χ0v) is 18.4. The first-order valence-corrected chi connectivity index (χ1v) is 10.2. The average Bonchev–Trinajstić information content (AvgIpc) is 2.58. The molecule has 2 amide bonds. The number of aromatic nitrogens is 1. The molecule has 7 nitrogen and oxygen atoms in total. The molecule has 0 bridgehead atoms. The molecule has 0 aliphatic heterocycles. The maximum atomic E-state index is 12.5. The van der Waals surface area contributed by atoms with Gasteiger partial charge in [-0.1, -0.05) is 6.07 Å². The number of ether oxygens (including phenoxy) is 2. The standard InChI is InChI=1S/C22H33N3O4/c1-21(2,3)28-19(26)25(20(27)29-22(4,5)6)15-9-14-23-17-12-7-10-16-11-8-13-24-18(16)17/h8,11,13-14,17H,7,9-10,12,15H2,1-6H3/t17-/m0/s1. The Kier molecular flexibility index (Phi) is 7.38. The zero-order chi connectivity index (χ0) is 21.7. The van der Waals surface area contributed by atoms with Crippen molar-refractivity contribution in [2.75, 3.05) is 6.54 Å². The van der Waals surface area contributed by atoms with Gasteiger partial charge in [-0.15, -0.1) is 0 Å². The van der Waals surface area contributed by atoms with Gasteiger partial charge in [0, 0.05) is 25.4 Å². The Labute approximate surface area is 173 Å². The van der Waals surface area contributed by atoms with Gasteiger partial charge in [0.1, 0.15) is 11.2 Å². The van der Waals surface area contributed by atoms with Crippen LogP contribution in [0.15, 0.2) is 23.3 Å². The quantitative estimate of drug-likeness (QED) is 0.654. The van der Waals surface area contributed by atoms with Gasteiger partial charge >= 0.3 is 12.2 Å². The van der Waals surface area contributed by atoms with Crippen molar-refractivity contribution in [2.45, 2.75) is 84.5 Å². The number of hydrogen-bond acceptors (Lipinski definition) is 6. The summed E-state index contributed by atoms with van der Waals surface area (Å²) in [5.41, 5.74) is 0.849. The Morgan fingerprint density at radius 1 is 1.17 bits per heavy atom. The molecule has 7 heteroatoms. The van der Waals surface area contributed by atoms with Gasteiger partial charge in [-0.2, -0.15) is 0 Å². The molecule has 1 aliphatic rings. The molecule has 0 saturated heterocycles. The van der Waals surface area contributed by atoms with Crippen LogP contribution in [0.4, 0.5) is 9.59 Å². The van der Waals surface area contributed by atoms with Crippen molar-refractivity contribution in [1.29, 1.82) is 0 Å². The van der Waals surface area contributed by atoms with E-state index >= 15 is 0 Å². The summed E-state index contributed by atoms with van der Waals surface area (Å²) in [4.78, 5) is 35.1. The monoisotopic (exact) mass is 403 g/mol. The highest BCUT2D eigenvalue weighted by molar-refractivity contribution is 5.88. The highest BCUT2D eigenvalue weighted by Crippen LogP contribution is 2.30.